The van der Waals surface area contributed by atoms with Gasteiger partial charge in [-0.1, -0.05) is 24.3 Å². The third-order valence-electron chi connectivity index (χ3n) is 2.90. The summed E-state index contributed by atoms with van der Waals surface area (Å²) >= 11 is 0. The van der Waals surface area contributed by atoms with E-state index in [0.717, 1.165) is 11.1 Å². The summed E-state index contributed by atoms with van der Waals surface area (Å²) in [6.45, 7) is -0.168. The predicted octanol–water partition coefficient (Wildman–Crippen LogP) is 4.06. The molecule has 118 valence electrons. The maximum absolute atomic E-state index is 12.7. The Morgan fingerprint density at radius 3 is 1.82 bits per heavy atom. The number of nitrogens with one attached hydrogen (secondary N) is 1. The fourth-order valence-corrected chi connectivity index (χ4v) is 1.82. The van der Waals surface area contributed by atoms with Gasteiger partial charge in [-0.3, -0.25) is 0 Å². The summed E-state index contributed by atoms with van der Waals surface area (Å²) in [5.74, 6) is -0.0993. The molecule has 2 rings (SSSR count). The molecule has 0 fully saturated rings. The third-order valence-corrected chi connectivity index (χ3v) is 2.90. The highest BCUT2D eigenvalue weighted by Crippen LogP contribution is 2.18. The van der Waals surface area contributed by atoms with Crippen LogP contribution in [0.4, 0.5) is 17.6 Å². The van der Waals surface area contributed by atoms with Crippen LogP contribution in [0.15, 0.2) is 48.5 Å². The molecule has 6 heteroatoms. The van der Waals surface area contributed by atoms with Crippen molar-refractivity contribution in [3.8, 4) is 5.75 Å². The molecule has 0 amide bonds. The molecule has 2 nitrogen and oxygen atoms in total. The van der Waals surface area contributed by atoms with Crippen molar-refractivity contribution in [3.05, 3.63) is 65.5 Å². The topological polar surface area (TPSA) is 21.3 Å². The Labute approximate surface area is 125 Å². The Balaban J connectivity index is 1.77. The Kier molecular flexibility index (Phi) is 5.38. The van der Waals surface area contributed by atoms with E-state index in [-0.39, 0.29) is 11.6 Å². The van der Waals surface area contributed by atoms with Crippen molar-refractivity contribution in [2.75, 3.05) is 6.61 Å². The van der Waals surface area contributed by atoms with Crippen molar-refractivity contribution in [2.24, 2.45) is 0 Å². The lowest BCUT2D eigenvalue weighted by molar-refractivity contribution is -0.153. The molecule has 0 heterocycles. The number of ether oxygens (including phenoxy) is 1. The van der Waals surface area contributed by atoms with Gasteiger partial charge in [0.05, 0.1) is 0 Å². The Morgan fingerprint density at radius 2 is 1.32 bits per heavy atom. The number of hydrogen-bond acceptors (Lipinski definition) is 2. The van der Waals surface area contributed by atoms with Crippen LogP contribution in [0.3, 0.4) is 0 Å². The van der Waals surface area contributed by atoms with Crippen molar-refractivity contribution in [3.63, 3.8) is 0 Å². The lowest BCUT2D eigenvalue weighted by Gasteiger charge is -2.10. The molecule has 0 atom stereocenters. The van der Waals surface area contributed by atoms with Gasteiger partial charge in [0.2, 0.25) is 0 Å². The van der Waals surface area contributed by atoms with Gasteiger partial charge in [0.1, 0.15) is 11.6 Å². The first-order chi connectivity index (χ1) is 10.4. The lowest BCUT2D eigenvalue weighted by atomic mass is 10.2. The van der Waals surface area contributed by atoms with Crippen molar-refractivity contribution in [2.45, 2.75) is 19.3 Å². The lowest BCUT2D eigenvalue weighted by Crippen LogP contribution is -2.19. The van der Waals surface area contributed by atoms with Gasteiger partial charge in [0.15, 0.2) is 6.61 Å². The monoisotopic (exact) mass is 313 g/mol. The zero-order chi connectivity index (χ0) is 16.0. The van der Waals surface area contributed by atoms with Crippen molar-refractivity contribution in [1.82, 2.24) is 5.32 Å². The van der Waals surface area contributed by atoms with E-state index in [2.05, 4.69) is 10.1 Å². The molecule has 0 aliphatic carbocycles. The summed E-state index contributed by atoms with van der Waals surface area (Å²) in [4.78, 5) is 0. The van der Waals surface area contributed by atoms with Crippen molar-refractivity contribution in [1.29, 1.82) is 0 Å². The zero-order valence-electron chi connectivity index (χ0n) is 11.7. The standard InChI is InChI=1S/C16H15F4NO/c17-14-5-1-12(2-6-14)9-21-10-13-3-7-15(8-4-13)22-11-16(18,19)20/h1-8,21H,9-11H2. The average Bonchev–Trinajstić information content (AvgIpc) is 2.48. The second-order valence-corrected chi connectivity index (χ2v) is 4.78. The maximum Gasteiger partial charge on any atom is 0.422 e. The molecule has 0 aromatic heterocycles. The van der Waals surface area contributed by atoms with Crippen LogP contribution in [0.5, 0.6) is 5.75 Å². The van der Waals surface area contributed by atoms with Crippen LogP contribution in [0, 0.1) is 5.82 Å². The van der Waals surface area contributed by atoms with Crippen LogP contribution in [-0.4, -0.2) is 12.8 Å². The average molecular weight is 313 g/mol. The minimum atomic E-state index is -4.34. The van der Waals surface area contributed by atoms with E-state index in [9.17, 15) is 17.6 Å². The van der Waals surface area contributed by atoms with E-state index in [1.54, 1.807) is 24.3 Å². The summed E-state index contributed by atoms with van der Waals surface area (Å²) in [6.07, 6.45) is -4.34. The highest BCUT2D eigenvalue weighted by molar-refractivity contribution is 5.27. The van der Waals surface area contributed by atoms with Crippen molar-refractivity contribution >= 4 is 0 Å². The molecule has 0 spiro atoms. The summed E-state index contributed by atoms with van der Waals surface area (Å²) in [5, 5.41) is 3.17. The SMILES string of the molecule is Fc1ccc(CNCc2ccc(OCC(F)(F)F)cc2)cc1. The summed E-state index contributed by atoms with van der Waals surface area (Å²) in [6, 6.07) is 12.6. The first-order valence-electron chi connectivity index (χ1n) is 6.66. The van der Waals surface area contributed by atoms with Crippen LogP contribution in [0.2, 0.25) is 0 Å². The predicted molar refractivity (Wildman–Crippen MR) is 74.9 cm³/mol. The molecular formula is C16H15F4NO. The van der Waals surface area contributed by atoms with Gasteiger partial charge < -0.3 is 10.1 Å². The molecule has 0 aliphatic heterocycles. The van der Waals surface area contributed by atoms with Gasteiger partial charge in [-0.15, -0.1) is 0 Å². The number of halogens is 4. The number of alkyl halides is 3. The van der Waals surface area contributed by atoms with Crippen LogP contribution in [0.25, 0.3) is 0 Å². The Hall–Kier alpha value is -2.08. The molecule has 0 unspecified atom stereocenters. The van der Waals surface area contributed by atoms with Crippen LogP contribution in [-0.2, 0) is 13.1 Å². The van der Waals surface area contributed by atoms with Gasteiger partial charge in [-0.25, -0.2) is 4.39 Å². The van der Waals surface area contributed by atoms with E-state index in [1.807, 2.05) is 0 Å². The molecule has 0 saturated heterocycles. The highest BCUT2D eigenvalue weighted by Gasteiger charge is 2.28. The minimum Gasteiger partial charge on any atom is -0.484 e. The minimum absolute atomic E-state index is 0.180. The summed E-state index contributed by atoms with van der Waals surface area (Å²) in [5.41, 5.74) is 1.87. The van der Waals surface area contributed by atoms with E-state index in [1.165, 1.54) is 24.3 Å². The van der Waals surface area contributed by atoms with Gasteiger partial charge >= 0.3 is 6.18 Å². The number of hydrogen-bond donors (Lipinski definition) is 1. The second kappa shape index (κ2) is 7.26. The van der Waals surface area contributed by atoms with E-state index in [4.69, 9.17) is 0 Å². The molecule has 0 saturated carbocycles. The summed E-state index contributed by atoms with van der Waals surface area (Å²) < 4.78 is 53.4. The van der Waals surface area contributed by atoms with Crippen molar-refractivity contribution < 1.29 is 22.3 Å². The summed E-state index contributed by atoms with van der Waals surface area (Å²) in [7, 11) is 0. The molecule has 1 N–H and O–H groups in total. The first kappa shape index (κ1) is 16.3. The van der Waals surface area contributed by atoms with Gasteiger partial charge in [0, 0.05) is 13.1 Å². The Bertz CT molecular complexity index is 579. The van der Waals surface area contributed by atoms with Crippen LogP contribution < -0.4 is 10.1 Å². The quantitative estimate of drug-likeness (QED) is 0.812. The van der Waals surface area contributed by atoms with E-state index in [0.29, 0.717) is 13.1 Å². The third kappa shape index (κ3) is 5.73. The van der Waals surface area contributed by atoms with Gasteiger partial charge in [-0.2, -0.15) is 13.2 Å². The smallest absolute Gasteiger partial charge is 0.422 e. The molecule has 0 radical (unpaired) electrons. The van der Waals surface area contributed by atoms with E-state index < -0.39 is 12.8 Å². The van der Waals surface area contributed by atoms with Gasteiger partial charge in [0.25, 0.3) is 0 Å². The Morgan fingerprint density at radius 1 is 0.818 bits per heavy atom. The number of benzene rings is 2. The maximum atomic E-state index is 12.7. The highest BCUT2D eigenvalue weighted by atomic mass is 19.4. The molecule has 0 bridgehead atoms. The fourth-order valence-electron chi connectivity index (χ4n) is 1.82. The fraction of sp³-hybridized carbons (Fsp3) is 0.250. The second-order valence-electron chi connectivity index (χ2n) is 4.78. The molecule has 0 aliphatic rings. The molecule has 22 heavy (non-hydrogen) atoms. The van der Waals surface area contributed by atoms with Crippen LogP contribution >= 0.6 is 0 Å². The molecule has 2 aromatic carbocycles. The van der Waals surface area contributed by atoms with Crippen LogP contribution in [0.1, 0.15) is 11.1 Å². The largest absolute Gasteiger partial charge is 0.484 e. The molecule has 2 aromatic rings. The number of rotatable bonds is 6. The molecular weight excluding hydrogens is 298 g/mol. The van der Waals surface area contributed by atoms with E-state index >= 15 is 0 Å². The zero-order valence-corrected chi connectivity index (χ0v) is 11.7. The van der Waals surface area contributed by atoms with Gasteiger partial charge in [-0.05, 0) is 35.4 Å². The normalized spacial score (nSPS) is 11.5. The first-order valence-corrected chi connectivity index (χ1v) is 6.66.